The second-order valence-electron chi connectivity index (χ2n) is 5.79. The Bertz CT molecular complexity index is 370. The Balaban J connectivity index is 1.58. The Hall–Kier alpha value is -0.860. The van der Waals surface area contributed by atoms with Crippen molar-refractivity contribution in [1.29, 1.82) is 0 Å². The van der Waals surface area contributed by atoms with Crippen LogP contribution in [-0.4, -0.2) is 35.2 Å². The van der Waals surface area contributed by atoms with E-state index in [1.54, 1.807) is 0 Å². The molecule has 2 aliphatic rings. The van der Waals surface area contributed by atoms with Crippen molar-refractivity contribution in [3.8, 4) is 0 Å². The Kier molecular flexibility index (Phi) is 3.67. The first-order valence-corrected chi connectivity index (χ1v) is 7.31. The fourth-order valence-electron chi connectivity index (χ4n) is 3.64. The van der Waals surface area contributed by atoms with Gasteiger partial charge in [-0.25, -0.2) is 0 Å². The lowest BCUT2D eigenvalue weighted by Gasteiger charge is -2.37. The molecule has 1 N–H and O–H groups in total. The smallest absolute Gasteiger partial charge is 0.0695 e. The highest BCUT2D eigenvalue weighted by molar-refractivity contribution is 5.20. The zero-order valence-electron chi connectivity index (χ0n) is 11.0. The molecule has 0 radical (unpaired) electrons. The standard InChI is InChI=1S/C16H23NO/c18-16-8-4-7-15(16)17-11-9-14(10-12-17)13-5-2-1-3-6-13/h1-3,5-6,14-16,18H,4,7-12H2/t15-,16+/m1/s1. The van der Waals surface area contributed by atoms with E-state index in [2.05, 4.69) is 35.2 Å². The van der Waals surface area contributed by atoms with Gasteiger partial charge in [0.1, 0.15) is 0 Å². The number of nitrogens with zero attached hydrogens (tertiary/aromatic N) is 1. The fourth-order valence-corrected chi connectivity index (χ4v) is 3.64. The van der Waals surface area contributed by atoms with Crippen LogP contribution in [0.3, 0.4) is 0 Å². The van der Waals surface area contributed by atoms with Gasteiger partial charge in [0, 0.05) is 6.04 Å². The molecule has 0 aromatic heterocycles. The molecule has 2 atom stereocenters. The van der Waals surface area contributed by atoms with Gasteiger partial charge in [-0.1, -0.05) is 30.3 Å². The van der Waals surface area contributed by atoms with Gasteiger partial charge in [-0.3, -0.25) is 4.90 Å². The van der Waals surface area contributed by atoms with E-state index in [-0.39, 0.29) is 6.10 Å². The number of hydrogen-bond acceptors (Lipinski definition) is 2. The molecule has 1 aliphatic carbocycles. The molecule has 0 bridgehead atoms. The lowest BCUT2D eigenvalue weighted by atomic mass is 9.89. The van der Waals surface area contributed by atoms with Crippen molar-refractivity contribution in [2.75, 3.05) is 13.1 Å². The fraction of sp³-hybridized carbons (Fsp3) is 0.625. The minimum Gasteiger partial charge on any atom is -0.391 e. The maximum Gasteiger partial charge on any atom is 0.0695 e. The lowest BCUT2D eigenvalue weighted by molar-refractivity contribution is 0.0552. The van der Waals surface area contributed by atoms with Crippen molar-refractivity contribution in [3.63, 3.8) is 0 Å². The maximum atomic E-state index is 9.98. The summed E-state index contributed by atoms with van der Waals surface area (Å²) in [6.07, 6.45) is 5.81. The normalized spacial score (nSPS) is 30.7. The summed E-state index contributed by atoms with van der Waals surface area (Å²) in [5.74, 6) is 0.723. The van der Waals surface area contributed by atoms with E-state index >= 15 is 0 Å². The Morgan fingerprint density at radius 1 is 0.944 bits per heavy atom. The minimum atomic E-state index is -0.0710. The number of likely N-dealkylation sites (tertiary alicyclic amines) is 1. The van der Waals surface area contributed by atoms with E-state index in [1.807, 2.05) is 0 Å². The van der Waals surface area contributed by atoms with Gasteiger partial charge in [-0.2, -0.15) is 0 Å². The van der Waals surface area contributed by atoms with Crippen LogP contribution in [0.1, 0.15) is 43.6 Å². The van der Waals surface area contributed by atoms with Crippen molar-refractivity contribution >= 4 is 0 Å². The quantitative estimate of drug-likeness (QED) is 0.866. The Morgan fingerprint density at radius 3 is 2.28 bits per heavy atom. The van der Waals surface area contributed by atoms with Gasteiger partial charge < -0.3 is 5.11 Å². The topological polar surface area (TPSA) is 23.5 Å². The van der Waals surface area contributed by atoms with Crippen LogP contribution in [0.25, 0.3) is 0 Å². The number of aliphatic hydroxyl groups excluding tert-OH is 1. The molecule has 18 heavy (non-hydrogen) atoms. The van der Waals surface area contributed by atoms with E-state index < -0.39 is 0 Å². The van der Waals surface area contributed by atoms with E-state index in [4.69, 9.17) is 0 Å². The third kappa shape index (κ3) is 2.45. The monoisotopic (exact) mass is 245 g/mol. The first-order chi connectivity index (χ1) is 8.84. The number of hydrogen-bond donors (Lipinski definition) is 1. The zero-order valence-corrected chi connectivity index (χ0v) is 11.0. The van der Waals surface area contributed by atoms with Gasteiger partial charge in [-0.15, -0.1) is 0 Å². The maximum absolute atomic E-state index is 9.98. The predicted octanol–water partition coefficient (Wildman–Crippen LogP) is 2.78. The molecule has 0 amide bonds. The molecule has 1 aromatic carbocycles. The van der Waals surface area contributed by atoms with Crippen molar-refractivity contribution in [2.45, 2.75) is 50.2 Å². The number of rotatable bonds is 2. The van der Waals surface area contributed by atoms with Crippen molar-refractivity contribution in [2.24, 2.45) is 0 Å². The number of benzene rings is 1. The predicted molar refractivity (Wildman–Crippen MR) is 73.6 cm³/mol. The van der Waals surface area contributed by atoms with Gasteiger partial charge in [0.25, 0.3) is 0 Å². The summed E-state index contributed by atoms with van der Waals surface area (Å²) in [6, 6.07) is 11.3. The summed E-state index contributed by atoms with van der Waals surface area (Å²) in [4.78, 5) is 2.52. The van der Waals surface area contributed by atoms with Crippen LogP contribution in [0.2, 0.25) is 0 Å². The van der Waals surface area contributed by atoms with Crippen molar-refractivity contribution < 1.29 is 5.11 Å². The molecular formula is C16H23NO. The summed E-state index contributed by atoms with van der Waals surface area (Å²) in [5.41, 5.74) is 1.49. The van der Waals surface area contributed by atoms with E-state index in [0.29, 0.717) is 6.04 Å². The molecule has 1 aliphatic heterocycles. The van der Waals surface area contributed by atoms with Crippen LogP contribution in [0.5, 0.6) is 0 Å². The summed E-state index contributed by atoms with van der Waals surface area (Å²) < 4.78 is 0. The molecule has 1 aromatic rings. The molecule has 0 spiro atoms. The molecule has 3 rings (SSSR count). The molecule has 1 heterocycles. The average molecular weight is 245 g/mol. The Labute approximate surface area is 110 Å². The van der Waals surface area contributed by atoms with Crippen molar-refractivity contribution in [1.82, 2.24) is 4.90 Å². The third-order valence-electron chi connectivity index (χ3n) is 4.71. The van der Waals surface area contributed by atoms with E-state index in [9.17, 15) is 5.11 Å². The molecule has 2 heteroatoms. The highest BCUT2D eigenvalue weighted by Crippen LogP contribution is 2.32. The third-order valence-corrected chi connectivity index (χ3v) is 4.71. The second kappa shape index (κ2) is 5.41. The molecule has 2 nitrogen and oxygen atoms in total. The van der Waals surface area contributed by atoms with Crippen LogP contribution in [-0.2, 0) is 0 Å². The summed E-state index contributed by atoms with van der Waals surface area (Å²) in [6.45, 7) is 2.31. The zero-order chi connectivity index (χ0) is 12.4. The van der Waals surface area contributed by atoms with Gasteiger partial charge in [0.2, 0.25) is 0 Å². The molecule has 0 unspecified atom stereocenters. The van der Waals surface area contributed by atoms with E-state index in [1.165, 1.54) is 31.2 Å². The van der Waals surface area contributed by atoms with Crippen LogP contribution in [0.4, 0.5) is 0 Å². The van der Waals surface area contributed by atoms with Gasteiger partial charge in [0.05, 0.1) is 6.10 Å². The summed E-state index contributed by atoms with van der Waals surface area (Å²) in [5, 5.41) is 9.98. The summed E-state index contributed by atoms with van der Waals surface area (Å²) >= 11 is 0. The van der Waals surface area contributed by atoms with Crippen LogP contribution in [0, 0.1) is 0 Å². The lowest BCUT2D eigenvalue weighted by Crippen LogP contribution is -2.44. The molecule has 1 saturated heterocycles. The highest BCUT2D eigenvalue weighted by atomic mass is 16.3. The highest BCUT2D eigenvalue weighted by Gasteiger charge is 2.33. The van der Waals surface area contributed by atoms with E-state index in [0.717, 1.165) is 25.4 Å². The van der Waals surface area contributed by atoms with Crippen LogP contribution in [0.15, 0.2) is 30.3 Å². The molecular weight excluding hydrogens is 222 g/mol. The summed E-state index contributed by atoms with van der Waals surface area (Å²) in [7, 11) is 0. The van der Waals surface area contributed by atoms with Gasteiger partial charge in [0.15, 0.2) is 0 Å². The SMILES string of the molecule is O[C@H]1CCC[C@H]1N1CCC(c2ccccc2)CC1. The largest absolute Gasteiger partial charge is 0.391 e. The van der Waals surface area contributed by atoms with Crippen LogP contribution >= 0.6 is 0 Å². The minimum absolute atomic E-state index is 0.0710. The number of piperidine rings is 1. The first-order valence-electron chi connectivity index (χ1n) is 7.31. The average Bonchev–Trinajstić information content (AvgIpc) is 2.86. The van der Waals surface area contributed by atoms with Gasteiger partial charge >= 0.3 is 0 Å². The Morgan fingerprint density at radius 2 is 1.67 bits per heavy atom. The molecule has 1 saturated carbocycles. The number of aliphatic hydroxyl groups is 1. The molecule has 2 fully saturated rings. The first kappa shape index (κ1) is 12.2. The van der Waals surface area contributed by atoms with Gasteiger partial charge in [-0.05, 0) is 56.7 Å². The van der Waals surface area contributed by atoms with Crippen molar-refractivity contribution in [3.05, 3.63) is 35.9 Å². The molecule has 98 valence electrons. The second-order valence-corrected chi connectivity index (χ2v) is 5.79. The van der Waals surface area contributed by atoms with Crippen LogP contribution < -0.4 is 0 Å².